The number of rotatable bonds is 4. The number of likely N-dealkylation sites (tertiary alicyclic amines) is 1. The van der Waals surface area contributed by atoms with E-state index in [9.17, 15) is 9.59 Å². The van der Waals surface area contributed by atoms with Crippen molar-refractivity contribution in [1.29, 1.82) is 0 Å². The Morgan fingerprint density at radius 1 is 1.06 bits per heavy atom. The number of aryl methyl sites for hydroxylation is 1. The number of oxazole rings is 1. The lowest BCUT2D eigenvalue weighted by molar-refractivity contribution is 0.0726. The highest BCUT2D eigenvalue weighted by atomic mass is 35.5. The molecule has 0 radical (unpaired) electrons. The Kier molecular flexibility index (Phi) is 5.77. The van der Waals surface area contributed by atoms with Crippen molar-refractivity contribution in [3.05, 3.63) is 87.0 Å². The van der Waals surface area contributed by atoms with Gasteiger partial charge in [-0.3, -0.25) is 9.59 Å². The van der Waals surface area contributed by atoms with Gasteiger partial charge in [-0.15, -0.1) is 0 Å². The normalized spacial score (nSPS) is 14.1. The minimum absolute atomic E-state index is 0.0752. The molecule has 7 heteroatoms. The van der Waals surface area contributed by atoms with Crippen LogP contribution in [0.4, 0.5) is 0 Å². The second-order valence-electron chi connectivity index (χ2n) is 8.35. The van der Waals surface area contributed by atoms with Crippen LogP contribution in [0.3, 0.4) is 0 Å². The fourth-order valence-electron chi connectivity index (χ4n) is 4.42. The van der Waals surface area contributed by atoms with Crippen LogP contribution < -0.4 is 5.56 Å². The average molecular weight is 462 g/mol. The monoisotopic (exact) mass is 461 g/mol. The van der Waals surface area contributed by atoms with Gasteiger partial charge in [0.2, 0.25) is 5.89 Å². The number of benzene rings is 2. The number of fused-ring (bicyclic) bond motifs is 1. The van der Waals surface area contributed by atoms with Gasteiger partial charge < -0.3 is 13.9 Å². The van der Waals surface area contributed by atoms with E-state index >= 15 is 0 Å². The van der Waals surface area contributed by atoms with E-state index < -0.39 is 0 Å². The van der Waals surface area contributed by atoms with Crippen LogP contribution in [0, 0.1) is 6.92 Å². The predicted molar refractivity (Wildman–Crippen MR) is 129 cm³/mol. The van der Waals surface area contributed by atoms with Crippen LogP contribution in [-0.4, -0.2) is 33.4 Å². The molecule has 168 valence electrons. The van der Waals surface area contributed by atoms with E-state index in [0.717, 1.165) is 37.7 Å². The Labute approximate surface area is 196 Å². The second-order valence-corrected chi connectivity index (χ2v) is 8.76. The van der Waals surface area contributed by atoms with Crippen molar-refractivity contribution >= 4 is 28.4 Å². The molecule has 5 rings (SSSR count). The summed E-state index contributed by atoms with van der Waals surface area (Å²) in [6.07, 6.45) is 3.14. The number of para-hydroxylation sites is 1. The van der Waals surface area contributed by atoms with E-state index in [0.29, 0.717) is 39.0 Å². The van der Waals surface area contributed by atoms with Gasteiger partial charge in [0.05, 0.1) is 28.2 Å². The van der Waals surface area contributed by atoms with Gasteiger partial charge >= 0.3 is 0 Å². The average Bonchev–Trinajstić information content (AvgIpc) is 3.21. The standard InChI is InChI=1S/C26H24ClN3O3/c1-17-22(28-25(33-17)19-10-3-5-11-21(19)27)16-30-23-12-6-4-9-18(23)20(15-24(30)31)26(32)29-13-7-2-8-14-29/h3-6,9-12,15H,2,7-8,13-14,16H2,1H3. The number of amides is 1. The molecular formula is C26H24ClN3O3. The number of pyridine rings is 1. The van der Waals surface area contributed by atoms with Gasteiger partial charge in [0.15, 0.2) is 0 Å². The molecule has 0 atom stereocenters. The minimum atomic E-state index is -0.240. The van der Waals surface area contributed by atoms with Crippen molar-refractivity contribution in [2.45, 2.75) is 32.7 Å². The summed E-state index contributed by atoms with van der Waals surface area (Å²) in [6, 6.07) is 16.3. The summed E-state index contributed by atoms with van der Waals surface area (Å²) in [5, 5.41) is 1.31. The minimum Gasteiger partial charge on any atom is -0.441 e. The van der Waals surface area contributed by atoms with Crippen LogP contribution in [0.15, 0.2) is 63.8 Å². The molecule has 1 saturated heterocycles. The molecule has 0 N–H and O–H groups in total. The van der Waals surface area contributed by atoms with Gasteiger partial charge in [0.25, 0.3) is 11.5 Å². The van der Waals surface area contributed by atoms with Crippen LogP contribution >= 0.6 is 11.6 Å². The van der Waals surface area contributed by atoms with E-state index in [1.54, 1.807) is 10.6 Å². The maximum absolute atomic E-state index is 13.2. The fraction of sp³-hybridized carbons (Fsp3) is 0.269. The molecule has 6 nitrogen and oxygen atoms in total. The number of carbonyl (C=O) groups is 1. The molecule has 0 unspecified atom stereocenters. The smallest absolute Gasteiger partial charge is 0.254 e. The van der Waals surface area contributed by atoms with Crippen LogP contribution in [0.1, 0.15) is 41.1 Å². The number of piperidine rings is 1. The molecule has 2 aromatic carbocycles. The van der Waals surface area contributed by atoms with E-state index in [4.69, 9.17) is 16.0 Å². The topological polar surface area (TPSA) is 68.3 Å². The highest BCUT2D eigenvalue weighted by Crippen LogP contribution is 2.29. The van der Waals surface area contributed by atoms with Crippen molar-refractivity contribution < 1.29 is 9.21 Å². The van der Waals surface area contributed by atoms with Gasteiger partial charge in [0, 0.05) is 24.5 Å². The lowest BCUT2D eigenvalue weighted by atomic mass is 10.0. The van der Waals surface area contributed by atoms with Crippen molar-refractivity contribution in [3.8, 4) is 11.5 Å². The lowest BCUT2D eigenvalue weighted by Gasteiger charge is -2.27. The predicted octanol–water partition coefficient (Wildman–Crippen LogP) is 5.29. The van der Waals surface area contributed by atoms with E-state index in [-0.39, 0.29) is 18.0 Å². The maximum Gasteiger partial charge on any atom is 0.254 e. The number of carbonyl (C=O) groups excluding carboxylic acids is 1. The third-order valence-electron chi connectivity index (χ3n) is 6.20. The summed E-state index contributed by atoms with van der Waals surface area (Å²) in [4.78, 5) is 32.9. The Bertz CT molecular complexity index is 1400. The van der Waals surface area contributed by atoms with E-state index in [2.05, 4.69) is 4.98 Å². The first-order valence-electron chi connectivity index (χ1n) is 11.2. The third kappa shape index (κ3) is 4.07. The highest BCUT2D eigenvalue weighted by Gasteiger charge is 2.23. The number of hydrogen-bond donors (Lipinski definition) is 0. The lowest BCUT2D eigenvalue weighted by Crippen LogP contribution is -2.36. The largest absolute Gasteiger partial charge is 0.441 e. The first-order chi connectivity index (χ1) is 16.0. The molecule has 3 heterocycles. The Balaban J connectivity index is 1.55. The summed E-state index contributed by atoms with van der Waals surface area (Å²) < 4.78 is 7.52. The van der Waals surface area contributed by atoms with Crippen molar-refractivity contribution in [1.82, 2.24) is 14.5 Å². The number of aromatic nitrogens is 2. The Morgan fingerprint density at radius 2 is 1.79 bits per heavy atom. The molecule has 0 saturated carbocycles. The summed E-state index contributed by atoms with van der Waals surface area (Å²) >= 11 is 6.30. The molecule has 1 fully saturated rings. The number of halogens is 1. The molecule has 2 aromatic heterocycles. The maximum atomic E-state index is 13.2. The Morgan fingerprint density at radius 3 is 2.58 bits per heavy atom. The molecule has 0 spiro atoms. The van der Waals surface area contributed by atoms with Crippen LogP contribution in [0.2, 0.25) is 5.02 Å². The first kappa shape index (κ1) is 21.5. The molecule has 33 heavy (non-hydrogen) atoms. The molecule has 1 aliphatic heterocycles. The highest BCUT2D eigenvalue weighted by molar-refractivity contribution is 6.33. The van der Waals surface area contributed by atoms with Gasteiger partial charge in [0.1, 0.15) is 11.5 Å². The zero-order valence-electron chi connectivity index (χ0n) is 18.4. The summed E-state index contributed by atoms with van der Waals surface area (Å²) in [6.45, 7) is 3.53. The zero-order valence-corrected chi connectivity index (χ0v) is 19.1. The van der Waals surface area contributed by atoms with Crippen LogP contribution in [-0.2, 0) is 6.54 Å². The fourth-order valence-corrected chi connectivity index (χ4v) is 4.63. The molecule has 4 aromatic rings. The second kappa shape index (κ2) is 8.87. The molecule has 0 aliphatic carbocycles. The summed E-state index contributed by atoms with van der Waals surface area (Å²) in [7, 11) is 0. The number of nitrogens with zero attached hydrogens (tertiary/aromatic N) is 3. The van der Waals surface area contributed by atoms with E-state index in [1.165, 1.54) is 6.07 Å². The molecule has 1 amide bonds. The van der Waals surface area contributed by atoms with E-state index in [1.807, 2.05) is 54.3 Å². The van der Waals surface area contributed by atoms with Crippen LogP contribution in [0.25, 0.3) is 22.4 Å². The van der Waals surface area contributed by atoms with Gasteiger partial charge in [-0.1, -0.05) is 41.9 Å². The molecular weight excluding hydrogens is 438 g/mol. The third-order valence-corrected chi connectivity index (χ3v) is 6.53. The quantitative estimate of drug-likeness (QED) is 0.414. The van der Waals surface area contributed by atoms with Crippen molar-refractivity contribution in [2.24, 2.45) is 0 Å². The van der Waals surface area contributed by atoms with Crippen molar-refractivity contribution in [3.63, 3.8) is 0 Å². The SMILES string of the molecule is Cc1oc(-c2ccccc2Cl)nc1Cn1c(=O)cc(C(=O)N2CCCCC2)c2ccccc21. The molecule has 0 bridgehead atoms. The van der Waals surface area contributed by atoms with Gasteiger partial charge in [-0.2, -0.15) is 0 Å². The first-order valence-corrected chi connectivity index (χ1v) is 11.5. The summed E-state index contributed by atoms with van der Waals surface area (Å²) in [5.74, 6) is 0.963. The Hall–Kier alpha value is -3.38. The summed E-state index contributed by atoms with van der Waals surface area (Å²) in [5.41, 5.74) is 2.27. The zero-order chi connectivity index (χ0) is 22.9. The number of hydrogen-bond acceptors (Lipinski definition) is 4. The van der Waals surface area contributed by atoms with Crippen molar-refractivity contribution in [2.75, 3.05) is 13.1 Å². The van der Waals surface area contributed by atoms with Gasteiger partial charge in [-0.25, -0.2) is 4.98 Å². The van der Waals surface area contributed by atoms with Crippen LogP contribution in [0.5, 0.6) is 0 Å². The molecule has 1 aliphatic rings. The van der Waals surface area contributed by atoms with Gasteiger partial charge in [-0.05, 0) is 44.4 Å².